The topological polar surface area (TPSA) is 191 Å². The van der Waals surface area contributed by atoms with Crippen LogP contribution in [-0.2, 0) is 30.3 Å². The summed E-state index contributed by atoms with van der Waals surface area (Å²) in [4.78, 5) is 59.2. The number of carbonyl (C=O) groups excluding carboxylic acids is 3. The standard InChI is InChI=1S/C40H60N4O8/c1-21(2)10-9-11-26(36(49)43-23(4)35(48)44-29(37(50)51)16-25-19-41-20-42-25)33-28-17-31(47)34-38(6)14-13-30(46)22(3)27(38)12-15-39(34,7)40(28,8)18-32(33)52-24(5)45/h10,19-20,22-23,27-32,34,46-47H,9,11-18H2,1-8H3,(H,41,42)(H,43,49)(H,44,48)(H,50,51)/b33-26-/t22-,23?,27-,28-,29?,30+,31+,32-,34-,38-,39-,40-/m0/s1. The van der Waals surface area contributed by atoms with Crippen molar-refractivity contribution in [3.05, 3.63) is 41.0 Å². The van der Waals surface area contributed by atoms with Crippen molar-refractivity contribution < 1.29 is 39.2 Å². The van der Waals surface area contributed by atoms with E-state index in [1.54, 1.807) is 0 Å². The van der Waals surface area contributed by atoms with Crippen molar-refractivity contribution in [2.75, 3.05) is 0 Å². The number of aromatic amines is 1. The minimum absolute atomic E-state index is 0.00849. The van der Waals surface area contributed by atoms with Crippen molar-refractivity contribution in [1.29, 1.82) is 0 Å². The molecule has 0 bridgehead atoms. The molecule has 1 heterocycles. The van der Waals surface area contributed by atoms with Crippen molar-refractivity contribution in [3.63, 3.8) is 0 Å². The summed E-state index contributed by atoms with van der Waals surface area (Å²) in [5.74, 6) is -2.68. The molecule has 288 valence electrons. The Morgan fingerprint density at radius 1 is 1.06 bits per heavy atom. The zero-order valence-electron chi connectivity index (χ0n) is 32.1. The molecule has 12 atom stereocenters. The van der Waals surface area contributed by atoms with Crippen LogP contribution >= 0.6 is 0 Å². The number of ether oxygens (including phenoxy) is 1. The number of carbonyl (C=O) groups is 4. The summed E-state index contributed by atoms with van der Waals surface area (Å²) >= 11 is 0. The lowest BCUT2D eigenvalue weighted by atomic mass is 9.36. The number of hydrogen-bond donors (Lipinski definition) is 6. The van der Waals surface area contributed by atoms with Crippen LogP contribution in [0.3, 0.4) is 0 Å². The fourth-order valence-electron chi connectivity index (χ4n) is 11.3. The molecule has 4 saturated carbocycles. The molecule has 52 heavy (non-hydrogen) atoms. The minimum atomic E-state index is -1.24. The Kier molecular flexibility index (Phi) is 11.5. The van der Waals surface area contributed by atoms with Crippen LogP contribution < -0.4 is 10.6 Å². The second kappa shape index (κ2) is 15.1. The summed E-state index contributed by atoms with van der Waals surface area (Å²) in [6, 6.07) is -2.32. The second-order valence-electron chi connectivity index (χ2n) is 17.2. The number of amides is 2. The third-order valence-electron chi connectivity index (χ3n) is 13.9. The average molecular weight is 725 g/mol. The maximum absolute atomic E-state index is 14.4. The number of H-pyrrole nitrogens is 1. The van der Waals surface area contributed by atoms with Crippen LogP contribution in [0.4, 0.5) is 0 Å². The first-order valence-corrected chi connectivity index (χ1v) is 19.0. The van der Waals surface area contributed by atoms with E-state index in [4.69, 9.17) is 4.74 Å². The first kappa shape index (κ1) is 39.7. The van der Waals surface area contributed by atoms with E-state index in [-0.39, 0.29) is 47.0 Å². The molecule has 0 spiro atoms. The lowest BCUT2D eigenvalue weighted by Crippen LogP contribution is -2.65. The fourth-order valence-corrected chi connectivity index (χ4v) is 11.3. The third-order valence-corrected chi connectivity index (χ3v) is 13.9. The zero-order chi connectivity index (χ0) is 38.3. The molecule has 12 nitrogen and oxygen atoms in total. The molecule has 4 aliphatic rings. The maximum Gasteiger partial charge on any atom is 0.326 e. The summed E-state index contributed by atoms with van der Waals surface area (Å²) in [6.07, 6.45) is 8.34. The molecule has 1 aromatic rings. The van der Waals surface area contributed by atoms with E-state index in [0.29, 0.717) is 48.9 Å². The molecule has 1 aromatic heterocycles. The highest BCUT2D eigenvalue weighted by Crippen LogP contribution is 2.74. The number of fused-ring (bicyclic) bond motifs is 5. The van der Waals surface area contributed by atoms with E-state index in [9.17, 15) is 34.5 Å². The van der Waals surface area contributed by atoms with Gasteiger partial charge in [0.25, 0.3) is 0 Å². The smallest absolute Gasteiger partial charge is 0.326 e. The molecule has 5 rings (SSSR count). The van der Waals surface area contributed by atoms with Gasteiger partial charge in [0, 0.05) is 30.8 Å². The summed E-state index contributed by atoms with van der Waals surface area (Å²) in [5, 5.41) is 38.3. The Hall–Kier alpha value is -3.51. The number of nitrogens with zero attached hydrogens (tertiary/aromatic N) is 1. The number of hydrogen-bond acceptors (Lipinski definition) is 8. The number of aliphatic carboxylic acids is 1. The van der Waals surface area contributed by atoms with Gasteiger partial charge in [0.2, 0.25) is 11.8 Å². The van der Waals surface area contributed by atoms with Crippen LogP contribution in [0.2, 0.25) is 0 Å². The molecule has 6 N–H and O–H groups in total. The number of esters is 1. The summed E-state index contributed by atoms with van der Waals surface area (Å²) in [7, 11) is 0. The molecule has 2 amide bonds. The Labute approximate surface area is 307 Å². The van der Waals surface area contributed by atoms with Crippen LogP contribution in [-0.4, -0.2) is 79.4 Å². The number of aliphatic hydroxyl groups is 2. The second-order valence-corrected chi connectivity index (χ2v) is 17.2. The van der Waals surface area contributed by atoms with Gasteiger partial charge in [-0.25, -0.2) is 9.78 Å². The van der Waals surface area contributed by atoms with Gasteiger partial charge < -0.3 is 35.7 Å². The Balaban J connectivity index is 1.51. The number of nitrogens with one attached hydrogen (secondary N) is 3. The van der Waals surface area contributed by atoms with Crippen LogP contribution in [0.25, 0.3) is 0 Å². The SMILES string of the molecule is CC(=O)O[C@H]1C[C@@]2(C)[C@@H](C[C@@H](O)[C@H]3[C@@]4(C)CC[C@@H](O)[C@@H](C)[C@@H]4CC[C@@]32C)/C1=C(\CCC=C(C)C)C(=O)NC(C)C(=O)NC(Cc1cnc[nH]1)C(=O)O. The van der Waals surface area contributed by atoms with Crippen molar-refractivity contribution in [3.8, 4) is 0 Å². The third kappa shape index (κ3) is 7.21. The van der Waals surface area contributed by atoms with E-state index in [1.165, 1.54) is 26.4 Å². The molecule has 4 aliphatic carbocycles. The van der Waals surface area contributed by atoms with Crippen LogP contribution in [0.15, 0.2) is 35.3 Å². The molecule has 12 heteroatoms. The van der Waals surface area contributed by atoms with E-state index < -0.39 is 53.5 Å². The van der Waals surface area contributed by atoms with Crippen molar-refractivity contribution in [2.24, 2.45) is 39.9 Å². The molecule has 0 aromatic carbocycles. The van der Waals surface area contributed by atoms with Crippen LogP contribution in [0.5, 0.6) is 0 Å². The van der Waals surface area contributed by atoms with Crippen molar-refractivity contribution >= 4 is 23.8 Å². The van der Waals surface area contributed by atoms with Gasteiger partial charge in [-0.1, -0.05) is 39.3 Å². The number of carboxylic acid groups (broad SMARTS) is 1. The predicted octanol–water partition coefficient (Wildman–Crippen LogP) is 4.62. The van der Waals surface area contributed by atoms with Gasteiger partial charge in [-0.15, -0.1) is 0 Å². The largest absolute Gasteiger partial charge is 0.480 e. The Morgan fingerprint density at radius 2 is 1.77 bits per heavy atom. The van der Waals surface area contributed by atoms with Gasteiger partial charge in [-0.2, -0.15) is 0 Å². The fraction of sp³-hybridized carbons (Fsp3) is 0.725. The van der Waals surface area contributed by atoms with E-state index >= 15 is 0 Å². The lowest BCUT2D eigenvalue weighted by molar-refractivity contribution is -0.234. The van der Waals surface area contributed by atoms with Gasteiger partial charge in [0.1, 0.15) is 18.2 Å². The van der Waals surface area contributed by atoms with Crippen molar-refractivity contribution in [1.82, 2.24) is 20.6 Å². The van der Waals surface area contributed by atoms with E-state index in [1.807, 2.05) is 19.9 Å². The summed E-state index contributed by atoms with van der Waals surface area (Å²) < 4.78 is 6.08. The molecular weight excluding hydrogens is 664 g/mol. The molecule has 0 radical (unpaired) electrons. The number of imidazole rings is 1. The molecule has 2 unspecified atom stereocenters. The zero-order valence-corrected chi connectivity index (χ0v) is 32.1. The van der Waals surface area contributed by atoms with Gasteiger partial charge in [-0.05, 0) is 118 Å². The van der Waals surface area contributed by atoms with Gasteiger partial charge in [0.05, 0.1) is 18.5 Å². The highest BCUT2D eigenvalue weighted by atomic mass is 16.5. The quantitative estimate of drug-likeness (QED) is 0.107. The van der Waals surface area contributed by atoms with Crippen LogP contribution in [0, 0.1) is 39.9 Å². The highest BCUT2D eigenvalue weighted by Gasteiger charge is 2.70. The van der Waals surface area contributed by atoms with Crippen LogP contribution in [0.1, 0.15) is 112 Å². The number of allylic oxidation sites excluding steroid dienone is 2. The van der Waals surface area contributed by atoms with Gasteiger partial charge >= 0.3 is 11.9 Å². The molecule has 0 saturated heterocycles. The normalized spacial score (nSPS) is 37.3. The highest BCUT2D eigenvalue weighted by molar-refractivity contribution is 5.98. The summed E-state index contributed by atoms with van der Waals surface area (Å²) in [6.45, 7) is 15.8. The monoisotopic (exact) mass is 724 g/mol. The molecule has 0 aliphatic heterocycles. The minimum Gasteiger partial charge on any atom is -0.480 e. The van der Waals surface area contributed by atoms with Gasteiger partial charge in [0.15, 0.2) is 0 Å². The Morgan fingerprint density at radius 3 is 2.38 bits per heavy atom. The summed E-state index contributed by atoms with van der Waals surface area (Å²) in [5.41, 5.74) is 1.83. The predicted molar refractivity (Wildman–Crippen MR) is 194 cm³/mol. The molecule has 4 fully saturated rings. The first-order chi connectivity index (χ1) is 24.3. The first-order valence-electron chi connectivity index (χ1n) is 19.0. The van der Waals surface area contributed by atoms with Crippen molar-refractivity contribution in [2.45, 2.75) is 144 Å². The maximum atomic E-state index is 14.4. The number of carboxylic acids is 1. The number of rotatable bonds is 11. The average Bonchev–Trinajstić information content (AvgIpc) is 3.66. The van der Waals surface area contributed by atoms with E-state index in [2.05, 4.69) is 48.3 Å². The van der Waals surface area contributed by atoms with Gasteiger partial charge in [-0.3, -0.25) is 14.4 Å². The molecular formula is C40H60N4O8. The number of aromatic nitrogens is 2. The van der Waals surface area contributed by atoms with E-state index in [0.717, 1.165) is 24.8 Å². The Bertz CT molecular complexity index is 1580. The number of aliphatic hydroxyl groups excluding tert-OH is 2. The lowest BCUT2D eigenvalue weighted by Gasteiger charge is -2.69.